The molecular formula is C4H14Cl2CoN4-2. The van der Waals surface area contributed by atoms with E-state index in [2.05, 4.69) is 0 Å². The number of halogens is 2. The third-order valence-electron chi connectivity index (χ3n) is 0.289. The summed E-state index contributed by atoms with van der Waals surface area (Å²) in [5.41, 5.74) is 22.3. The van der Waals surface area contributed by atoms with E-state index in [0.717, 1.165) is 0 Å². The number of nitrogens with one attached hydrogen (secondary N) is 2. The molecule has 0 aliphatic carbocycles. The minimum Gasteiger partial charge on any atom is -0.676 e. The van der Waals surface area contributed by atoms with Gasteiger partial charge in [0, 0.05) is 0 Å². The Morgan fingerprint density at radius 3 is 1.09 bits per heavy atom. The molecular weight excluding hydrogens is 234 g/mol. The third kappa shape index (κ3) is 102. The van der Waals surface area contributed by atoms with E-state index in [1.165, 1.54) is 0 Å². The second kappa shape index (κ2) is 30.7. The van der Waals surface area contributed by atoms with Crippen molar-refractivity contribution in [1.82, 2.24) is 0 Å². The monoisotopic (exact) mass is 247 g/mol. The Morgan fingerprint density at radius 1 is 1.00 bits per heavy atom. The van der Waals surface area contributed by atoms with Crippen LogP contribution in [0.4, 0.5) is 0 Å². The van der Waals surface area contributed by atoms with Crippen molar-refractivity contribution in [2.24, 2.45) is 11.5 Å². The van der Waals surface area contributed by atoms with Crippen LogP contribution in [-0.2, 0) is 12.9 Å². The Balaban J connectivity index is -0.0000000886. The Kier molecular flexibility index (Phi) is 49.8. The Labute approximate surface area is 82.4 Å². The maximum atomic E-state index is 6.33. The second-order valence-electron chi connectivity index (χ2n) is 1.12. The van der Waals surface area contributed by atoms with Crippen molar-refractivity contribution in [1.29, 1.82) is 0 Å². The van der Waals surface area contributed by atoms with Gasteiger partial charge in [-0.25, -0.2) is 0 Å². The number of nitrogens with two attached hydrogens (primary N) is 2. The summed E-state index contributed by atoms with van der Waals surface area (Å²) in [6.07, 6.45) is 0. The first-order valence-electron chi connectivity index (χ1n) is 2.78. The Morgan fingerprint density at radius 2 is 1.09 bits per heavy atom. The van der Waals surface area contributed by atoms with Gasteiger partial charge in [-0.2, -0.15) is 0 Å². The van der Waals surface area contributed by atoms with Crippen LogP contribution >= 0.6 is 20.3 Å². The zero-order chi connectivity index (χ0) is 9.54. The molecule has 0 aromatic rings. The van der Waals surface area contributed by atoms with E-state index >= 15 is 0 Å². The van der Waals surface area contributed by atoms with Crippen LogP contribution in [0.25, 0.3) is 11.5 Å². The molecule has 0 amide bonds. The molecule has 0 atom stereocenters. The van der Waals surface area contributed by atoms with Gasteiger partial charge in [-0.05, 0) is 13.1 Å². The third-order valence-corrected chi connectivity index (χ3v) is 0.289. The van der Waals surface area contributed by atoms with Crippen LogP contribution < -0.4 is 11.5 Å². The molecule has 0 unspecified atom stereocenters. The van der Waals surface area contributed by atoms with Crippen LogP contribution in [0.1, 0.15) is 0 Å². The summed E-state index contributed by atoms with van der Waals surface area (Å²) in [6.45, 7) is 1.67. The van der Waals surface area contributed by atoms with Gasteiger partial charge in [0.1, 0.15) is 0 Å². The first-order chi connectivity index (χ1) is 5.24. The summed E-state index contributed by atoms with van der Waals surface area (Å²) in [7, 11) is 9.47. The SMILES string of the molecule is [Cl][Co][Cl].[NH-]CCN.[NH-]CCN. The van der Waals surface area contributed by atoms with Crippen LogP contribution in [0, 0.1) is 0 Å². The van der Waals surface area contributed by atoms with E-state index < -0.39 is 0 Å². The molecule has 7 heteroatoms. The molecule has 0 radical (unpaired) electrons. The molecule has 6 N–H and O–H groups in total. The summed E-state index contributed by atoms with van der Waals surface area (Å²) >= 11 is 0.382. The summed E-state index contributed by atoms with van der Waals surface area (Å²) < 4.78 is 0. The summed E-state index contributed by atoms with van der Waals surface area (Å²) in [4.78, 5) is 0. The summed E-state index contributed by atoms with van der Waals surface area (Å²) in [5, 5.41) is 0. The average Bonchev–Trinajstić information content (AvgIpc) is 2.06. The molecule has 0 saturated heterocycles. The molecule has 0 rings (SSSR count). The van der Waals surface area contributed by atoms with Crippen LogP contribution in [-0.4, -0.2) is 26.2 Å². The summed E-state index contributed by atoms with van der Waals surface area (Å²) in [6, 6.07) is 0. The van der Waals surface area contributed by atoms with Crippen LogP contribution in [0.3, 0.4) is 0 Å². The first-order valence-corrected chi connectivity index (χ1v) is 5.64. The van der Waals surface area contributed by atoms with Crippen LogP contribution in [0.5, 0.6) is 0 Å². The van der Waals surface area contributed by atoms with E-state index in [-0.39, 0.29) is 0 Å². The van der Waals surface area contributed by atoms with Gasteiger partial charge in [-0.1, -0.05) is 0 Å². The maximum absolute atomic E-state index is 6.33. The van der Waals surface area contributed by atoms with Gasteiger partial charge >= 0.3 is 33.2 Å². The Bertz CT molecular complexity index is 35.3. The fourth-order valence-electron chi connectivity index (χ4n) is 0. The molecule has 0 spiro atoms. The largest absolute Gasteiger partial charge is 0.676 e. The van der Waals surface area contributed by atoms with Gasteiger partial charge in [0.05, 0.1) is 0 Å². The van der Waals surface area contributed by atoms with Crippen LogP contribution in [0.2, 0.25) is 0 Å². The van der Waals surface area contributed by atoms with Crippen molar-refractivity contribution < 1.29 is 12.9 Å². The standard InChI is InChI=1S/2C2H7N2.2ClH.Co/c2*3-1-2-4;;;/h2*3H,1-2,4H2;2*1H;/q2*-1;;;+2/p-2. The quantitative estimate of drug-likeness (QED) is 0.771. The normalized spacial score (nSPS) is 7.45. The number of rotatable bonds is 2. The van der Waals surface area contributed by atoms with Gasteiger partial charge in [0.2, 0.25) is 0 Å². The van der Waals surface area contributed by atoms with Crippen molar-refractivity contribution in [3.63, 3.8) is 0 Å². The minimum atomic E-state index is 0.347. The molecule has 0 aromatic heterocycles. The first kappa shape index (κ1) is 17.9. The predicted octanol–water partition coefficient (Wildman–Crippen LogP) is 1.37. The number of hydrogen-bond donors (Lipinski definition) is 2. The van der Waals surface area contributed by atoms with E-state index in [0.29, 0.717) is 39.1 Å². The second-order valence-corrected chi connectivity index (χ2v) is 2.84. The molecule has 4 nitrogen and oxygen atoms in total. The van der Waals surface area contributed by atoms with Gasteiger partial charge in [0.25, 0.3) is 0 Å². The fraction of sp³-hybridized carbons (Fsp3) is 1.00. The molecule has 0 fully saturated rings. The van der Waals surface area contributed by atoms with E-state index in [4.69, 9.17) is 43.2 Å². The van der Waals surface area contributed by atoms with E-state index in [1.807, 2.05) is 0 Å². The van der Waals surface area contributed by atoms with Crippen molar-refractivity contribution in [3.8, 4) is 0 Å². The van der Waals surface area contributed by atoms with Gasteiger partial charge in [-0.3, -0.25) is 0 Å². The van der Waals surface area contributed by atoms with E-state index in [1.54, 1.807) is 0 Å². The van der Waals surface area contributed by atoms with Crippen molar-refractivity contribution in [2.75, 3.05) is 26.2 Å². The van der Waals surface area contributed by atoms with Crippen LogP contribution in [0.15, 0.2) is 0 Å². The Hall–Kier alpha value is 0.926. The van der Waals surface area contributed by atoms with Gasteiger partial charge < -0.3 is 22.9 Å². The molecule has 0 aliphatic rings. The average molecular weight is 248 g/mol. The van der Waals surface area contributed by atoms with Crippen molar-refractivity contribution in [2.45, 2.75) is 0 Å². The zero-order valence-corrected chi connectivity index (χ0v) is 8.63. The molecule has 0 saturated carbocycles. The minimum absolute atomic E-state index is 0.347. The van der Waals surface area contributed by atoms with Crippen molar-refractivity contribution >= 4 is 20.3 Å². The molecule has 0 aromatic carbocycles. The van der Waals surface area contributed by atoms with Gasteiger partial charge in [0.15, 0.2) is 0 Å². The molecule has 75 valence electrons. The molecule has 11 heavy (non-hydrogen) atoms. The smallest absolute Gasteiger partial charge is 0.0268 e. The summed E-state index contributed by atoms with van der Waals surface area (Å²) in [5.74, 6) is 0. The maximum Gasteiger partial charge on any atom is -0.0268 e. The molecule has 0 heterocycles. The fourth-order valence-corrected chi connectivity index (χ4v) is 0. The molecule has 0 bridgehead atoms. The van der Waals surface area contributed by atoms with Crippen molar-refractivity contribution in [3.05, 3.63) is 11.5 Å². The zero-order valence-electron chi connectivity index (χ0n) is 6.07. The van der Waals surface area contributed by atoms with Gasteiger partial charge in [-0.15, -0.1) is 13.1 Å². The topological polar surface area (TPSA) is 99.6 Å². The van der Waals surface area contributed by atoms with E-state index in [9.17, 15) is 0 Å². The predicted molar refractivity (Wildman–Crippen MR) is 48.2 cm³/mol. The number of hydrogen-bond acceptors (Lipinski definition) is 2. The molecule has 0 aliphatic heterocycles.